The highest BCUT2D eigenvalue weighted by Crippen LogP contribution is 2.27. The average Bonchev–Trinajstić information content (AvgIpc) is 3.03. The van der Waals surface area contributed by atoms with Crippen LogP contribution in [0, 0.1) is 6.92 Å². The van der Waals surface area contributed by atoms with Crippen molar-refractivity contribution in [3.8, 4) is 0 Å². The summed E-state index contributed by atoms with van der Waals surface area (Å²) >= 11 is 1.86. The zero-order chi connectivity index (χ0) is 16.2. The number of ether oxygens (including phenoxy) is 1. The fraction of sp³-hybridized carbons (Fsp3) is 0.368. The lowest BCUT2D eigenvalue weighted by molar-refractivity contribution is 0.0535. The van der Waals surface area contributed by atoms with Gasteiger partial charge in [0.2, 0.25) is 0 Å². The first-order chi connectivity index (χ1) is 11.1. The van der Waals surface area contributed by atoms with Gasteiger partial charge in [0.05, 0.1) is 6.10 Å². The van der Waals surface area contributed by atoms with Crippen molar-refractivity contribution in [1.29, 1.82) is 0 Å². The molecule has 1 N–H and O–H groups in total. The lowest BCUT2D eigenvalue weighted by atomic mass is 10.2. The molecule has 3 rings (SSSR count). The number of aryl methyl sites for hydroxylation is 1. The maximum atomic E-state index is 6.15. The third-order valence-electron chi connectivity index (χ3n) is 4.03. The average molecular weight is 328 g/mol. The summed E-state index contributed by atoms with van der Waals surface area (Å²) in [4.78, 5) is 3.41. The molecule has 0 saturated carbocycles. The van der Waals surface area contributed by atoms with E-state index in [0.717, 1.165) is 12.3 Å². The van der Waals surface area contributed by atoms with Crippen molar-refractivity contribution < 1.29 is 4.74 Å². The zero-order valence-electron chi connectivity index (χ0n) is 14.0. The quantitative estimate of drug-likeness (QED) is 0.843. The maximum Gasteiger partial charge on any atom is 0.134 e. The molecule has 2 atom stereocenters. The van der Waals surface area contributed by atoms with E-state index < -0.39 is 0 Å². The molecule has 1 aliphatic rings. The van der Waals surface area contributed by atoms with Crippen molar-refractivity contribution in [2.75, 3.05) is 31.3 Å². The summed E-state index contributed by atoms with van der Waals surface area (Å²) < 4.78 is 6.15. The Balaban J connectivity index is 1.52. The standard InChI is InChI=1S/C19H24N2OS/c1-14-4-10-18(11-5-14)23-13-17-12-20-19(22-17)15-6-8-16(9-7-15)21(2)3/h4-11,17,19-20H,12-13H2,1-3H3. The highest BCUT2D eigenvalue weighted by atomic mass is 32.2. The summed E-state index contributed by atoms with van der Waals surface area (Å²) in [5.74, 6) is 0.975. The maximum absolute atomic E-state index is 6.15. The van der Waals surface area contributed by atoms with Crippen molar-refractivity contribution in [2.24, 2.45) is 0 Å². The number of hydrogen-bond donors (Lipinski definition) is 1. The summed E-state index contributed by atoms with van der Waals surface area (Å²) in [6.45, 7) is 3.02. The topological polar surface area (TPSA) is 24.5 Å². The number of benzene rings is 2. The second-order valence-corrected chi connectivity index (χ2v) is 7.25. The lowest BCUT2D eigenvalue weighted by Gasteiger charge is -2.16. The summed E-state index contributed by atoms with van der Waals surface area (Å²) in [6, 6.07) is 17.2. The summed E-state index contributed by atoms with van der Waals surface area (Å²) in [5.41, 5.74) is 3.70. The second-order valence-electron chi connectivity index (χ2n) is 6.16. The third-order valence-corrected chi connectivity index (χ3v) is 5.17. The molecule has 122 valence electrons. The van der Waals surface area contributed by atoms with Crippen LogP contribution in [0.15, 0.2) is 53.4 Å². The van der Waals surface area contributed by atoms with E-state index in [2.05, 4.69) is 79.8 Å². The number of thioether (sulfide) groups is 1. The Hall–Kier alpha value is -1.49. The lowest BCUT2D eigenvalue weighted by Crippen LogP contribution is -2.16. The van der Waals surface area contributed by atoms with E-state index in [0.29, 0.717) is 0 Å². The Labute approximate surface area is 143 Å². The van der Waals surface area contributed by atoms with E-state index in [9.17, 15) is 0 Å². The molecule has 1 fully saturated rings. The minimum Gasteiger partial charge on any atom is -0.378 e. The van der Waals surface area contributed by atoms with Crippen molar-refractivity contribution >= 4 is 17.4 Å². The molecule has 2 aromatic rings. The van der Waals surface area contributed by atoms with Crippen LogP contribution in [0.5, 0.6) is 0 Å². The van der Waals surface area contributed by atoms with Crippen LogP contribution in [0.3, 0.4) is 0 Å². The van der Waals surface area contributed by atoms with Gasteiger partial charge in [-0.3, -0.25) is 5.32 Å². The minimum absolute atomic E-state index is 0.00910. The SMILES string of the molecule is Cc1ccc(SCC2CNC(c3ccc(N(C)C)cc3)O2)cc1. The fourth-order valence-electron chi connectivity index (χ4n) is 2.59. The predicted octanol–water partition coefficient (Wildman–Crippen LogP) is 3.84. The van der Waals surface area contributed by atoms with Crippen LogP contribution in [0.4, 0.5) is 5.69 Å². The van der Waals surface area contributed by atoms with Gasteiger partial charge in [-0.2, -0.15) is 0 Å². The van der Waals surface area contributed by atoms with Gasteiger partial charge in [0.25, 0.3) is 0 Å². The van der Waals surface area contributed by atoms with Crippen molar-refractivity contribution in [3.63, 3.8) is 0 Å². The molecule has 3 nitrogen and oxygen atoms in total. The van der Waals surface area contributed by atoms with Crippen molar-refractivity contribution in [2.45, 2.75) is 24.2 Å². The normalized spacial score (nSPS) is 20.7. The number of hydrogen-bond acceptors (Lipinski definition) is 4. The molecule has 0 aromatic heterocycles. The van der Waals surface area contributed by atoms with Gasteiger partial charge >= 0.3 is 0 Å². The molecule has 0 spiro atoms. The Bertz CT molecular complexity index is 625. The molecule has 0 amide bonds. The number of nitrogens with one attached hydrogen (secondary N) is 1. The molecule has 23 heavy (non-hydrogen) atoms. The number of nitrogens with zero attached hydrogens (tertiary/aromatic N) is 1. The Morgan fingerprint density at radius 1 is 1.09 bits per heavy atom. The van der Waals surface area contributed by atoms with Gasteiger partial charge in [0.15, 0.2) is 0 Å². The van der Waals surface area contributed by atoms with E-state index in [1.54, 1.807) is 0 Å². The van der Waals surface area contributed by atoms with Crippen LogP contribution < -0.4 is 10.2 Å². The monoisotopic (exact) mass is 328 g/mol. The van der Waals surface area contributed by atoms with Gasteiger partial charge in [-0.25, -0.2) is 0 Å². The zero-order valence-corrected chi connectivity index (χ0v) is 14.8. The molecule has 2 unspecified atom stereocenters. The molecular formula is C19H24N2OS. The van der Waals surface area contributed by atoms with Gasteiger partial charge in [-0.15, -0.1) is 11.8 Å². The van der Waals surface area contributed by atoms with Gasteiger partial charge in [0, 0.05) is 37.0 Å². The van der Waals surface area contributed by atoms with E-state index in [1.165, 1.54) is 21.7 Å². The van der Waals surface area contributed by atoms with E-state index in [1.807, 2.05) is 11.8 Å². The summed E-state index contributed by atoms with van der Waals surface area (Å²) in [5, 5.41) is 3.47. The predicted molar refractivity (Wildman–Crippen MR) is 98.3 cm³/mol. The molecule has 4 heteroatoms. The molecule has 2 aromatic carbocycles. The van der Waals surface area contributed by atoms with Gasteiger partial charge in [0.1, 0.15) is 6.23 Å². The molecule has 0 aliphatic carbocycles. The first kappa shape index (κ1) is 16.4. The minimum atomic E-state index is 0.00910. The molecule has 1 aliphatic heterocycles. The number of anilines is 1. The van der Waals surface area contributed by atoms with Crippen LogP contribution in [0.2, 0.25) is 0 Å². The van der Waals surface area contributed by atoms with Gasteiger partial charge < -0.3 is 9.64 Å². The van der Waals surface area contributed by atoms with Gasteiger partial charge in [-0.05, 0) is 36.8 Å². The molecular weight excluding hydrogens is 304 g/mol. The number of rotatable bonds is 5. The van der Waals surface area contributed by atoms with E-state index in [-0.39, 0.29) is 12.3 Å². The molecule has 0 radical (unpaired) electrons. The Morgan fingerprint density at radius 2 is 1.78 bits per heavy atom. The Kier molecular flexibility index (Phi) is 5.26. The molecule has 1 saturated heterocycles. The van der Waals surface area contributed by atoms with Crippen molar-refractivity contribution in [3.05, 3.63) is 59.7 Å². The third kappa shape index (κ3) is 4.28. The molecule has 0 bridgehead atoms. The van der Waals surface area contributed by atoms with E-state index in [4.69, 9.17) is 4.74 Å². The summed E-state index contributed by atoms with van der Waals surface area (Å²) in [6.07, 6.45) is 0.259. The van der Waals surface area contributed by atoms with Crippen LogP contribution in [0.1, 0.15) is 17.4 Å². The molecule has 1 heterocycles. The second kappa shape index (κ2) is 7.39. The first-order valence-electron chi connectivity index (χ1n) is 7.97. The first-order valence-corrected chi connectivity index (χ1v) is 8.96. The largest absolute Gasteiger partial charge is 0.378 e. The summed E-state index contributed by atoms with van der Waals surface area (Å²) in [7, 11) is 4.11. The van der Waals surface area contributed by atoms with E-state index >= 15 is 0 Å². The highest BCUT2D eigenvalue weighted by Gasteiger charge is 2.25. The Morgan fingerprint density at radius 3 is 2.43 bits per heavy atom. The van der Waals surface area contributed by atoms with Gasteiger partial charge in [-0.1, -0.05) is 29.8 Å². The smallest absolute Gasteiger partial charge is 0.134 e. The van der Waals surface area contributed by atoms with Crippen LogP contribution in [0.25, 0.3) is 0 Å². The highest BCUT2D eigenvalue weighted by molar-refractivity contribution is 7.99. The fourth-order valence-corrected chi connectivity index (χ4v) is 3.50. The van der Waals surface area contributed by atoms with Crippen LogP contribution in [-0.4, -0.2) is 32.5 Å². The van der Waals surface area contributed by atoms with Crippen LogP contribution in [-0.2, 0) is 4.74 Å². The van der Waals surface area contributed by atoms with Crippen molar-refractivity contribution in [1.82, 2.24) is 5.32 Å². The van der Waals surface area contributed by atoms with Crippen LogP contribution >= 0.6 is 11.8 Å².